The molecule has 1 atom stereocenters. The fourth-order valence-electron chi connectivity index (χ4n) is 1.84. The van der Waals surface area contributed by atoms with Crippen LogP contribution in [-0.4, -0.2) is 12.0 Å². The number of pyridine rings is 1. The van der Waals surface area contributed by atoms with Crippen LogP contribution >= 0.6 is 23.2 Å². The van der Waals surface area contributed by atoms with Crippen molar-refractivity contribution in [2.24, 2.45) is 0 Å². The van der Waals surface area contributed by atoms with Crippen molar-refractivity contribution in [1.29, 1.82) is 0 Å². The average Bonchev–Trinajstić information content (AvgIpc) is 2.41. The Balaban J connectivity index is 2.55. The summed E-state index contributed by atoms with van der Waals surface area (Å²) in [7, 11) is 1.53. The number of hydrogen-bond acceptors (Lipinski definition) is 2. The van der Waals surface area contributed by atoms with E-state index in [4.69, 9.17) is 23.2 Å². The van der Waals surface area contributed by atoms with E-state index < -0.39 is 23.5 Å². The van der Waals surface area contributed by atoms with Gasteiger partial charge in [0.25, 0.3) is 0 Å². The number of halogens is 5. The van der Waals surface area contributed by atoms with E-state index in [-0.39, 0.29) is 16.3 Å². The minimum absolute atomic E-state index is 0.0943. The van der Waals surface area contributed by atoms with Crippen molar-refractivity contribution in [1.82, 2.24) is 10.3 Å². The van der Waals surface area contributed by atoms with Gasteiger partial charge in [-0.2, -0.15) is 0 Å². The van der Waals surface area contributed by atoms with E-state index in [1.165, 1.54) is 19.3 Å². The first-order chi connectivity index (χ1) is 9.45. The van der Waals surface area contributed by atoms with Crippen LogP contribution in [0.2, 0.25) is 10.0 Å². The van der Waals surface area contributed by atoms with Crippen molar-refractivity contribution in [3.8, 4) is 0 Å². The maximum atomic E-state index is 13.8. The summed E-state index contributed by atoms with van der Waals surface area (Å²) < 4.78 is 40.1. The van der Waals surface area contributed by atoms with Crippen LogP contribution in [-0.2, 0) is 0 Å². The van der Waals surface area contributed by atoms with Crippen molar-refractivity contribution < 1.29 is 13.2 Å². The summed E-state index contributed by atoms with van der Waals surface area (Å²) in [6.45, 7) is 0. The molecule has 2 nitrogen and oxygen atoms in total. The highest BCUT2D eigenvalue weighted by Gasteiger charge is 2.23. The Hall–Kier alpha value is -1.30. The van der Waals surface area contributed by atoms with E-state index in [9.17, 15) is 13.2 Å². The molecule has 2 rings (SSSR count). The Kier molecular flexibility index (Phi) is 4.52. The zero-order valence-corrected chi connectivity index (χ0v) is 11.7. The van der Waals surface area contributed by atoms with Crippen molar-refractivity contribution in [3.63, 3.8) is 0 Å². The quantitative estimate of drug-likeness (QED) is 0.861. The topological polar surface area (TPSA) is 24.9 Å². The number of nitrogens with zero attached hydrogens (tertiary/aromatic N) is 1. The zero-order valence-electron chi connectivity index (χ0n) is 10.2. The van der Waals surface area contributed by atoms with E-state index in [0.29, 0.717) is 5.02 Å². The van der Waals surface area contributed by atoms with Crippen LogP contribution in [0.5, 0.6) is 0 Å². The normalized spacial score (nSPS) is 12.5. The third-order valence-corrected chi connectivity index (χ3v) is 3.28. The second-order valence-corrected chi connectivity index (χ2v) is 4.85. The molecule has 1 N–H and O–H groups in total. The lowest BCUT2D eigenvalue weighted by Gasteiger charge is -2.18. The summed E-state index contributed by atoms with van der Waals surface area (Å²) >= 11 is 11.7. The number of benzene rings is 1. The molecule has 106 valence electrons. The molecule has 0 saturated carbocycles. The van der Waals surface area contributed by atoms with E-state index in [0.717, 1.165) is 12.1 Å². The highest BCUT2D eigenvalue weighted by Crippen LogP contribution is 2.30. The van der Waals surface area contributed by atoms with Gasteiger partial charge in [-0.15, -0.1) is 0 Å². The Morgan fingerprint density at radius 1 is 1.15 bits per heavy atom. The van der Waals surface area contributed by atoms with Gasteiger partial charge < -0.3 is 5.32 Å². The number of hydrogen-bond donors (Lipinski definition) is 1. The largest absolute Gasteiger partial charge is 0.308 e. The standard InChI is InChI=1S/C13H9Cl2F3N2/c1-19-12(13-8(15)4-6(14)5-20-13)7-2-3-9(16)11(18)10(7)17/h2-5,12,19H,1H3. The van der Waals surface area contributed by atoms with Crippen LogP contribution in [0, 0.1) is 17.5 Å². The van der Waals surface area contributed by atoms with Crippen molar-refractivity contribution in [3.05, 3.63) is 63.2 Å². The predicted octanol–water partition coefficient (Wildman–Crippen LogP) is 4.11. The first-order valence-electron chi connectivity index (χ1n) is 5.57. The molecule has 1 unspecified atom stereocenters. The van der Waals surface area contributed by atoms with E-state index in [1.807, 2.05) is 0 Å². The van der Waals surface area contributed by atoms with Gasteiger partial charge in [0.1, 0.15) is 0 Å². The van der Waals surface area contributed by atoms with Gasteiger partial charge in [0.15, 0.2) is 17.5 Å². The molecule has 0 aliphatic heterocycles. The SMILES string of the molecule is CNC(c1ccc(F)c(F)c1F)c1ncc(Cl)cc1Cl. The smallest absolute Gasteiger partial charge is 0.194 e. The molecule has 0 aliphatic carbocycles. The fourth-order valence-corrected chi connectivity index (χ4v) is 2.33. The molecule has 20 heavy (non-hydrogen) atoms. The maximum absolute atomic E-state index is 13.8. The summed E-state index contributed by atoms with van der Waals surface area (Å²) in [6.07, 6.45) is 1.34. The van der Waals surface area contributed by atoms with Gasteiger partial charge in [0.05, 0.1) is 21.8 Å². The molecule has 1 aromatic heterocycles. The number of nitrogens with one attached hydrogen (secondary N) is 1. The molecule has 7 heteroatoms. The number of aromatic nitrogens is 1. The lowest BCUT2D eigenvalue weighted by Crippen LogP contribution is -2.21. The van der Waals surface area contributed by atoms with E-state index >= 15 is 0 Å². The minimum Gasteiger partial charge on any atom is -0.308 e. The number of rotatable bonds is 3. The van der Waals surface area contributed by atoms with E-state index in [1.54, 1.807) is 0 Å². The van der Waals surface area contributed by atoms with Gasteiger partial charge in [0.2, 0.25) is 0 Å². The molecule has 0 bridgehead atoms. The van der Waals surface area contributed by atoms with Crippen LogP contribution in [0.25, 0.3) is 0 Å². The van der Waals surface area contributed by atoms with Crippen LogP contribution in [0.3, 0.4) is 0 Å². The van der Waals surface area contributed by atoms with Gasteiger partial charge in [0, 0.05) is 11.8 Å². The molecule has 0 saturated heterocycles. The average molecular weight is 321 g/mol. The highest BCUT2D eigenvalue weighted by molar-refractivity contribution is 6.34. The minimum atomic E-state index is -1.53. The predicted molar refractivity (Wildman–Crippen MR) is 71.5 cm³/mol. The summed E-state index contributed by atoms with van der Waals surface area (Å²) in [5, 5.41) is 3.28. The summed E-state index contributed by atoms with van der Waals surface area (Å²) in [6, 6.07) is 2.60. The molecule has 0 aliphatic rings. The van der Waals surface area contributed by atoms with Crippen LogP contribution in [0.4, 0.5) is 13.2 Å². The van der Waals surface area contributed by atoms with Gasteiger partial charge in [-0.1, -0.05) is 29.3 Å². The summed E-state index contributed by atoms with van der Waals surface area (Å²) in [5.41, 5.74) is 0.173. The first-order valence-corrected chi connectivity index (χ1v) is 6.33. The van der Waals surface area contributed by atoms with Crippen molar-refractivity contribution in [2.45, 2.75) is 6.04 Å². The second-order valence-electron chi connectivity index (χ2n) is 4.01. The second kappa shape index (κ2) is 5.99. The van der Waals surface area contributed by atoms with Gasteiger partial charge in [-0.05, 0) is 19.2 Å². The Morgan fingerprint density at radius 2 is 1.85 bits per heavy atom. The molecule has 1 aromatic carbocycles. The monoisotopic (exact) mass is 320 g/mol. The summed E-state index contributed by atoms with van der Waals surface area (Å²) in [5.74, 6) is -4.07. The molecule has 0 amide bonds. The van der Waals surface area contributed by atoms with Crippen LogP contribution < -0.4 is 5.32 Å². The molecule has 0 fully saturated rings. The Morgan fingerprint density at radius 3 is 2.45 bits per heavy atom. The molecule has 0 spiro atoms. The Labute approximate surface area is 123 Å². The van der Waals surface area contributed by atoms with Gasteiger partial charge >= 0.3 is 0 Å². The third kappa shape index (κ3) is 2.75. The maximum Gasteiger partial charge on any atom is 0.194 e. The molecule has 2 aromatic rings. The van der Waals surface area contributed by atoms with Crippen molar-refractivity contribution >= 4 is 23.2 Å². The third-order valence-electron chi connectivity index (χ3n) is 2.77. The first kappa shape index (κ1) is 15.1. The molecular formula is C13H9Cl2F3N2. The van der Waals surface area contributed by atoms with E-state index in [2.05, 4.69) is 10.3 Å². The van der Waals surface area contributed by atoms with Crippen molar-refractivity contribution in [2.75, 3.05) is 7.05 Å². The lowest BCUT2D eigenvalue weighted by molar-refractivity contribution is 0.434. The summed E-state index contributed by atoms with van der Waals surface area (Å²) in [4.78, 5) is 4.01. The molecular weight excluding hydrogens is 312 g/mol. The van der Waals surface area contributed by atoms with Crippen LogP contribution in [0.1, 0.15) is 17.3 Å². The molecule has 1 heterocycles. The van der Waals surface area contributed by atoms with Gasteiger partial charge in [-0.3, -0.25) is 4.98 Å². The highest BCUT2D eigenvalue weighted by atomic mass is 35.5. The Bertz CT molecular complexity index is 650. The fraction of sp³-hybridized carbons (Fsp3) is 0.154. The zero-order chi connectivity index (χ0) is 14.9. The molecule has 0 radical (unpaired) electrons. The lowest BCUT2D eigenvalue weighted by atomic mass is 10.0. The van der Waals surface area contributed by atoms with Crippen LogP contribution in [0.15, 0.2) is 24.4 Å². The van der Waals surface area contributed by atoms with Gasteiger partial charge in [-0.25, -0.2) is 13.2 Å².